The molecule has 0 aliphatic heterocycles. The number of hydrogen-bond donors (Lipinski definition) is 2. The number of aromatic nitrogens is 4. The fourth-order valence-corrected chi connectivity index (χ4v) is 2.94. The Morgan fingerprint density at radius 1 is 1.45 bits per heavy atom. The predicted molar refractivity (Wildman–Crippen MR) is 82.3 cm³/mol. The minimum Gasteiger partial charge on any atom is -0.325 e. The van der Waals surface area contributed by atoms with Gasteiger partial charge in [0, 0.05) is 5.54 Å². The maximum atomic E-state index is 12.5. The average molecular weight is 300 g/mol. The number of hydrogen-bond acceptors (Lipinski definition) is 5. The number of anilines is 1. The van der Waals surface area contributed by atoms with Crippen LogP contribution in [0.25, 0.3) is 5.82 Å². The molecule has 0 bridgehead atoms. The lowest BCUT2D eigenvalue weighted by Crippen LogP contribution is -2.51. The first-order valence-electron chi connectivity index (χ1n) is 7.47. The van der Waals surface area contributed by atoms with E-state index in [2.05, 4.69) is 20.4 Å². The van der Waals surface area contributed by atoms with Gasteiger partial charge in [-0.2, -0.15) is 5.10 Å². The van der Waals surface area contributed by atoms with Crippen molar-refractivity contribution in [2.45, 2.75) is 38.1 Å². The highest BCUT2D eigenvalue weighted by Gasteiger charge is 2.37. The molecule has 3 N–H and O–H groups in total. The molecule has 0 spiro atoms. The molecule has 2 aromatic rings. The van der Waals surface area contributed by atoms with E-state index >= 15 is 0 Å². The van der Waals surface area contributed by atoms with Crippen molar-refractivity contribution >= 4 is 11.6 Å². The van der Waals surface area contributed by atoms with Crippen LogP contribution in [0.4, 0.5) is 5.69 Å². The summed E-state index contributed by atoms with van der Waals surface area (Å²) in [5.41, 5.74) is 6.50. The van der Waals surface area contributed by atoms with Crippen LogP contribution < -0.4 is 11.1 Å². The SMILES string of the molecule is CC1(N)CCCCC1C(=O)Nc1ccc(-n2cncn2)nc1. The molecule has 1 amide bonds. The second kappa shape index (κ2) is 5.84. The molecular weight excluding hydrogens is 280 g/mol. The number of nitrogens with one attached hydrogen (secondary N) is 1. The Balaban J connectivity index is 1.69. The normalized spacial score (nSPS) is 24.9. The van der Waals surface area contributed by atoms with Crippen molar-refractivity contribution in [2.75, 3.05) is 5.32 Å². The first-order valence-corrected chi connectivity index (χ1v) is 7.47. The van der Waals surface area contributed by atoms with Crippen molar-refractivity contribution in [3.8, 4) is 5.82 Å². The van der Waals surface area contributed by atoms with Crippen LogP contribution in [0.5, 0.6) is 0 Å². The summed E-state index contributed by atoms with van der Waals surface area (Å²) in [6.07, 6.45) is 8.49. The topological polar surface area (TPSA) is 98.7 Å². The van der Waals surface area contributed by atoms with E-state index in [4.69, 9.17) is 5.73 Å². The molecule has 0 saturated heterocycles. The maximum Gasteiger partial charge on any atom is 0.229 e. The van der Waals surface area contributed by atoms with Crippen molar-refractivity contribution in [3.05, 3.63) is 31.0 Å². The van der Waals surface area contributed by atoms with Gasteiger partial charge in [0.25, 0.3) is 0 Å². The van der Waals surface area contributed by atoms with E-state index in [1.807, 2.05) is 6.92 Å². The van der Waals surface area contributed by atoms with Gasteiger partial charge in [-0.15, -0.1) is 0 Å². The van der Waals surface area contributed by atoms with Gasteiger partial charge in [-0.05, 0) is 31.9 Å². The molecule has 1 aliphatic rings. The summed E-state index contributed by atoms with van der Waals surface area (Å²) >= 11 is 0. The van der Waals surface area contributed by atoms with Crippen molar-refractivity contribution in [2.24, 2.45) is 11.7 Å². The van der Waals surface area contributed by atoms with E-state index in [9.17, 15) is 4.79 Å². The molecule has 2 aromatic heterocycles. The molecule has 0 aromatic carbocycles. The van der Waals surface area contributed by atoms with Gasteiger partial charge in [0.15, 0.2) is 5.82 Å². The van der Waals surface area contributed by atoms with Crippen LogP contribution in [-0.4, -0.2) is 31.2 Å². The Morgan fingerprint density at radius 2 is 2.32 bits per heavy atom. The van der Waals surface area contributed by atoms with E-state index in [1.54, 1.807) is 29.3 Å². The summed E-state index contributed by atoms with van der Waals surface area (Å²) in [4.78, 5) is 20.6. The second-order valence-corrected chi connectivity index (χ2v) is 6.04. The summed E-state index contributed by atoms with van der Waals surface area (Å²) in [7, 11) is 0. The van der Waals surface area contributed by atoms with Gasteiger partial charge < -0.3 is 11.1 Å². The maximum absolute atomic E-state index is 12.5. The minimum absolute atomic E-state index is 0.0278. The highest BCUT2D eigenvalue weighted by molar-refractivity contribution is 5.93. The molecule has 1 aliphatic carbocycles. The molecule has 2 unspecified atom stereocenters. The second-order valence-electron chi connectivity index (χ2n) is 6.04. The molecule has 1 fully saturated rings. The van der Waals surface area contributed by atoms with E-state index in [0.29, 0.717) is 11.5 Å². The van der Waals surface area contributed by atoms with Crippen LogP contribution in [0.3, 0.4) is 0 Å². The Morgan fingerprint density at radius 3 is 2.95 bits per heavy atom. The molecule has 7 nitrogen and oxygen atoms in total. The van der Waals surface area contributed by atoms with E-state index in [-0.39, 0.29) is 11.8 Å². The minimum atomic E-state index is -0.434. The molecular formula is C15H20N6O. The zero-order chi connectivity index (χ0) is 15.6. The lowest BCUT2D eigenvalue weighted by atomic mass is 9.74. The van der Waals surface area contributed by atoms with Crippen molar-refractivity contribution in [1.82, 2.24) is 19.7 Å². The van der Waals surface area contributed by atoms with Crippen LogP contribution in [0, 0.1) is 5.92 Å². The van der Waals surface area contributed by atoms with Gasteiger partial charge in [0.2, 0.25) is 5.91 Å². The third-order valence-corrected chi connectivity index (χ3v) is 4.24. The largest absolute Gasteiger partial charge is 0.325 e. The predicted octanol–water partition coefficient (Wildman–Crippen LogP) is 1.51. The highest BCUT2D eigenvalue weighted by Crippen LogP contribution is 2.32. The van der Waals surface area contributed by atoms with Gasteiger partial charge in [-0.3, -0.25) is 4.79 Å². The lowest BCUT2D eigenvalue weighted by molar-refractivity contribution is -0.122. The first-order chi connectivity index (χ1) is 10.6. The zero-order valence-electron chi connectivity index (χ0n) is 12.6. The number of pyridine rings is 1. The van der Waals surface area contributed by atoms with Crippen LogP contribution in [0.2, 0.25) is 0 Å². The summed E-state index contributed by atoms with van der Waals surface area (Å²) in [5.74, 6) is 0.466. The first kappa shape index (κ1) is 14.6. The monoisotopic (exact) mass is 300 g/mol. The smallest absolute Gasteiger partial charge is 0.229 e. The number of nitrogens with two attached hydrogens (primary N) is 1. The van der Waals surface area contributed by atoms with Crippen molar-refractivity contribution < 1.29 is 4.79 Å². The van der Waals surface area contributed by atoms with Gasteiger partial charge in [0.1, 0.15) is 12.7 Å². The molecule has 3 rings (SSSR count). The number of carbonyl (C=O) groups is 1. The number of amides is 1. The van der Waals surface area contributed by atoms with Crippen LogP contribution in [0.15, 0.2) is 31.0 Å². The third-order valence-electron chi connectivity index (χ3n) is 4.24. The Bertz CT molecular complexity index is 635. The van der Waals surface area contributed by atoms with Crippen molar-refractivity contribution in [3.63, 3.8) is 0 Å². The number of rotatable bonds is 3. The van der Waals surface area contributed by atoms with Gasteiger partial charge in [-0.25, -0.2) is 14.6 Å². The fraction of sp³-hybridized carbons (Fsp3) is 0.467. The molecule has 116 valence electrons. The third kappa shape index (κ3) is 2.99. The van der Waals surface area contributed by atoms with Crippen LogP contribution in [-0.2, 0) is 4.79 Å². The lowest BCUT2D eigenvalue weighted by Gasteiger charge is -2.37. The van der Waals surface area contributed by atoms with E-state index < -0.39 is 5.54 Å². The highest BCUT2D eigenvalue weighted by atomic mass is 16.2. The quantitative estimate of drug-likeness (QED) is 0.895. The number of carbonyl (C=O) groups excluding carboxylic acids is 1. The van der Waals surface area contributed by atoms with E-state index in [1.165, 1.54) is 6.33 Å². The molecule has 0 radical (unpaired) electrons. The molecule has 2 atom stereocenters. The van der Waals surface area contributed by atoms with Crippen molar-refractivity contribution in [1.29, 1.82) is 0 Å². The summed E-state index contributed by atoms with van der Waals surface area (Å²) < 4.78 is 1.56. The summed E-state index contributed by atoms with van der Waals surface area (Å²) in [6, 6.07) is 3.59. The Kier molecular flexibility index (Phi) is 3.89. The zero-order valence-corrected chi connectivity index (χ0v) is 12.6. The fourth-order valence-electron chi connectivity index (χ4n) is 2.94. The average Bonchev–Trinajstić information content (AvgIpc) is 3.01. The molecule has 7 heteroatoms. The molecule has 22 heavy (non-hydrogen) atoms. The Hall–Kier alpha value is -2.28. The number of nitrogens with zero attached hydrogens (tertiary/aromatic N) is 4. The van der Waals surface area contributed by atoms with Gasteiger partial charge in [-0.1, -0.05) is 12.8 Å². The standard InChI is InChI=1S/C15H20N6O/c1-15(16)7-3-2-4-12(15)14(22)20-11-5-6-13(18-8-11)21-10-17-9-19-21/h5-6,8-10,12H,2-4,7,16H2,1H3,(H,20,22). The van der Waals surface area contributed by atoms with Crippen LogP contribution >= 0.6 is 0 Å². The Labute approximate surface area is 129 Å². The van der Waals surface area contributed by atoms with E-state index in [0.717, 1.165) is 25.7 Å². The van der Waals surface area contributed by atoms with Crippen LogP contribution in [0.1, 0.15) is 32.6 Å². The van der Waals surface area contributed by atoms with Gasteiger partial charge in [0.05, 0.1) is 17.8 Å². The summed E-state index contributed by atoms with van der Waals surface area (Å²) in [5, 5.41) is 6.92. The molecule has 1 saturated carbocycles. The molecule has 2 heterocycles. The van der Waals surface area contributed by atoms with Gasteiger partial charge >= 0.3 is 0 Å². The summed E-state index contributed by atoms with van der Waals surface area (Å²) in [6.45, 7) is 1.96.